The molecule has 0 aliphatic carbocycles. The largest absolute Gasteiger partial charge is 0.367 e. The van der Waals surface area contributed by atoms with Crippen molar-refractivity contribution in [3.05, 3.63) is 0 Å². The maximum atomic E-state index is 4.76. The van der Waals surface area contributed by atoms with Gasteiger partial charge in [0.2, 0.25) is 0 Å². The van der Waals surface area contributed by atoms with Gasteiger partial charge in [0.1, 0.15) is 6.34 Å². The van der Waals surface area contributed by atoms with Gasteiger partial charge >= 0.3 is 0 Å². The number of hydrogen-bond acceptors (Lipinski definition) is 2. The molecule has 3 nitrogen and oxygen atoms in total. The summed E-state index contributed by atoms with van der Waals surface area (Å²) in [6.45, 7) is 0. The standard InChI is InChI=1S/C3H9N3.2ClH/c1-6(2)3-5-4;;/h3H,4H2,1-2H3;2*1H. The van der Waals surface area contributed by atoms with Crippen molar-refractivity contribution in [1.82, 2.24) is 4.90 Å². The lowest BCUT2D eigenvalue weighted by atomic mass is 11.0. The Labute approximate surface area is 61.7 Å². The molecule has 0 aliphatic heterocycles. The number of nitrogens with two attached hydrogens (primary N) is 1. The van der Waals surface area contributed by atoms with Gasteiger partial charge in [-0.05, 0) is 0 Å². The Morgan fingerprint density at radius 2 is 1.75 bits per heavy atom. The summed E-state index contributed by atoms with van der Waals surface area (Å²) in [6, 6.07) is 0. The molecule has 0 aromatic carbocycles. The zero-order chi connectivity index (χ0) is 4.99. The van der Waals surface area contributed by atoms with Gasteiger partial charge in [-0.3, -0.25) is 0 Å². The maximum Gasteiger partial charge on any atom is 0.110 e. The first-order valence-electron chi connectivity index (χ1n) is 1.67. The third-order valence-corrected chi connectivity index (χ3v) is 0.298. The van der Waals surface area contributed by atoms with E-state index in [-0.39, 0.29) is 24.8 Å². The average molecular weight is 160 g/mol. The minimum Gasteiger partial charge on any atom is -0.367 e. The zero-order valence-electron chi connectivity index (χ0n) is 4.87. The number of hydrazone groups is 1. The second-order valence-electron chi connectivity index (χ2n) is 1.23. The molecule has 0 atom stereocenters. The van der Waals surface area contributed by atoms with Crippen LogP contribution in [0, 0.1) is 0 Å². The molecule has 0 aromatic heterocycles. The van der Waals surface area contributed by atoms with Crippen LogP contribution < -0.4 is 5.84 Å². The molecule has 0 fully saturated rings. The van der Waals surface area contributed by atoms with E-state index < -0.39 is 0 Å². The lowest BCUT2D eigenvalue weighted by Crippen LogP contribution is -2.08. The van der Waals surface area contributed by atoms with Gasteiger partial charge in [-0.2, -0.15) is 5.10 Å². The van der Waals surface area contributed by atoms with E-state index in [0.29, 0.717) is 0 Å². The van der Waals surface area contributed by atoms with Crippen LogP contribution in [0.15, 0.2) is 5.10 Å². The van der Waals surface area contributed by atoms with Gasteiger partial charge in [-0.15, -0.1) is 24.8 Å². The van der Waals surface area contributed by atoms with Crippen molar-refractivity contribution >= 4 is 31.2 Å². The van der Waals surface area contributed by atoms with Gasteiger partial charge in [0, 0.05) is 14.1 Å². The number of nitrogens with zero attached hydrogens (tertiary/aromatic N) is 2. The Kier molecular flexibility index (Phi) is 19.5. The predicted octanol–water partition coefficient (Wildman–Crippen LogP) is 0.294. The first kappa shape index (κ1) is 15.7. The molecule has 0 amide bonds. The topological polar surface area (TPSA) is 41.6 Å². The molecule has 0 heterocycles. The monoisotopic (exact) mass is 159 g/mol. The third-order valence-electron chi connectivity index (χ3n) is 0.298. The SMILES string of the molecule is CN(C)C=NN.Cl.Cl. The van der Waals surface area contributed by atoms with E-state index in [9.17, 15) is 0 Å². The van der Waals surface area contributed by atoms with Crippen LogP contribution in [0.5, 0.6) is 0 Å². The Balaban J connectivity index is -0.000000125. The van der Waals surface area contributed by atoms with Gasteiger partial charge in [-0.25, -0.2) is 0 Å². The molecule has 0 bridgehead atoms. The fraction of sp³-hybridized carbons (Fsp3) is 0.667. The molecule has 0 unspecified atom stereocenters. The summed E-state index contributed by atoms with van der Waals surface area (Å²) in [5, 5.41) is 3.24. The highest BCUT2D eigenvalue weighted by Crippen LogP contribution is 1.56. The van der Waals surface area contributed by atoms with E-state index in [1.165, 1.54) is 6.34 Å². The minimum absolute atomic E-state index is 0. The van der Waals surface area contributed by atoms with E-state index in [1.807, 2.05) is 14.1 Å². The molecule has 0 aliphatic rings. The molecule has 5 heteroatoms. The van der Waals surface area contributed by atoms with Crippen molar-refractivity contribution in [3.63, 3.8) is 0 Å². The average Bonchev–Trinajstić information content (AvgIpc) is 1.35. The molecular formula is C3H11Cl2N3. The van der Waals surface area contributed by atoms with Crippen LogP contribution in [0.3, 0.4) is 0 Å². The summed E-state index contributed by atoms with van der Waals surface area (Å²) in [7, 11) is 3.72. The predicted molar refractivity (Wildman–Crippen MR) is 40.9 cm³/mol. The highest BCUT2D eigenvalue weighted by atomic mass is 35.5. The Morgan fingerprint density at radius 1 is 1.38 bits per heavy atom. The lowest BCUT2D eigenvalue weighted by molar-refractivity contribution is 0.640. The second kappa shape index (κ2) is 9.97. The highest BCUT2D eigenvalue weighted by Gasteiger charge is 1.68. The summed E-state index contributed by atoms with van der Waals surface area (Å²) in [5.74, 6) is 4.76. The molecule has 8 heavy (non-hydrogen) atoms. The quantitative estimate of drug-likeness (QED) is 0.259. The number of hydrogen-bond donors (Lipinski definition) is 1. The van der Waals surface area contributed by atoms with Crippen LogP contribution in [-0.2, 0) is 0 Å². The molecule has 0 aromatic rings. The number of halogens is 2. The smallest absolute Gasteiger partial charge is 0.110 e. The first-order chi connectivity index (χ1) is 2.77. The van der Waals surface area contributed by atoms with E-state index >= 15 is 0 Å². The van der Waals surface area contributed by atoms with Gasteiger partial charge in [0.15, 0.2) is 0 Å². The van der Waals surface area contributed by atoms with Crippen molar-refractivity contribution in [2.75, 3.05) is 14.1 Å². The lowest BCUT2D eigenvalue weighted by Gasteiger charge is -1.97. The van der Waals surface area contributed by atoms with Crippen molar-refractivity contribution in [3.8, 4) is 0 Å². The fourth-order valence-corrected chi connectivity index (χ4v) is 0.133. The van der Waals surface area contributed by atoms with Crippen LogP contribution >= 0.6 is 24.8 Å². The van der Waals surface area contributed by atoms with Gasteiger partial charge < -0.3 is 10.7 Å². The van der Waals surface area contributed by atoms with Crippen molar-refractivity contribution < 1.29 is 0 Å². The normalized spacial score (nSPS) is 7.25. The fourth-order valence-electron chi connectivity index (χ4n) is 0.133. The van der Waals surface area contributed by atoms with Crippen LogP contribution in [0.4, 0.5) is 0 Å². The van der Waals surface area contributed by atoms with Crippen LogP contribution in [0.1, 0.15) is 0 Å². The number of rotatable bonds is 1. The van der Waals surface area contributed by atoms with Crippen LogP contribution in [0.2, 0.25) is 0 Å². The maximum absolute atomic E-state index is 4.76. The molecule has 0 spiro atoms. The Morgan fingerprint density at radius 3 is 1.75 bits per heavy atom. The summed E-state index contributed by atoms with van der Waals surface area (Å²) >= 11 is 0. The van der Waals surface area contributed by atoms with Gasteiger partial charge in [-0.1, -0.05) is 0 Å². The summed E-state index contributed by atoms with van der Waals surface area (Å²) in [6.07, 6.45) is 1.53. The molecule has 0 saturated carbocycles. The Bertz CT molecular complexity index is 54.5. The minimum atomic E-state index is 0. The summed E-state index contributed by atoms with van der Waals surface area (Å²) in [4.78, 5) is 1.76. The summed E-state index contributed by atoms with van der Waals surface area (Å²) < 4.78 is 0. The van der Waals surface area contributed by atoms with Crippen molar-refractivity contribution in [1.29, 1.82) is 0 Å². The molecule has 2 N–H and O–H groups in total. The van der Waals surface area contributed by atoms with Crippen LogP contribution in [0.25, 0.3) is 0 Å². The molecular weight excluding hydrogens is 149 g/mol. The molecule has 52 valence electrons. The van der Waals surface area contributed by atoms with Crippen molar-refractivity contribution in [2.45, 2.75) is 0 Å². The molecule has 0 saturated heterocycles. The molecule has 0 rings (SSSR count). The van der Waals surface area contributed by atoms with E-state index in [4.69, 9.17) is 5.84 Å². The van der Waals surface area contributed by atoms with Gasteiger partial charge in [0.05, 0.1) is 0 Å². The molecule has 0 radical (unpaired) electrons. The Hall–Kier alpha value is -0.150. The second-order valence-corrected chi connectivity index (χ2v) is 1.23. The summed E-state index contributed by atoms with van der Waals surface area (Å²) in [5.41, 5.74) is 0. The van der Waals surface area contributed by atoms with E-state index in [2.05, 4.69) is 5.10 Å². The van der Waals surface area contributed by atoms with Crippen molar-refractivity contribution in [2.24, 2.45) is 10.9 Å². The zero-order valence-corrected chi connectivity index (χ0v) is 6.50. The van der Waals surface area contributed by atoms with E-state index in [1.54, 1.807) is 4.90 Å². The van der Waals surface area contributed by atoms with Gasteiger partial charge in [0.25, 0.3) is 0 Å². The third kappa shape index (κ3) is 16.9. The van der Waals surface area contributed by atoms with E-state index in [0.717, 1.165) is 0 Å². The first-order valence-corrected chi connectivity index (χ1v) is 1.67. The van der Waals surface area contributed by atoms with Crippen LogP contribution in [-0.4, -0.2) is 25.3 Å². The highest BCUT2D eigenvalue weighted by molar-refractivity contribution is 5.85.